The van der Waals surface area contributed by atoms with E-state index in [9.17, 15) is 9.18 Å². The predicted molar refractivity (Wildman–Crippen MR) is 89.3 cm³/mol. The highest BCUT2D eigenvalue weighted by Crippen LogP contribution is 2.18. The highest BCUT2D eigenvalue weighted by Gasteiger charge is 2.11. The third kappa shape index (κ3) is 3.84. The van der Waals surface area contributed by atoms with Crippen LogP contribution in [0.5, 0.6) is 0 Å². The number of carbonyl (C=O) groups is 1. The molecule has 3 rings (SSSR count). The van der Waals surface area contributed by atoms with Crippen LogP contribution in [0.2, 0.25) is 0 Å². The molecule has 0 saturated carbocycles. The average Bonchev–Trinajstić information content (AvgIpc) is 3.03. The Morgan fingerprint density at radius 3 is 2.70 bits per heavy atom. The number of amides is 1. The van der Waals surface area contributed by atoms with Gasteiger partial charge in [-0.15, -0.1) is 0 Å². The van der Waals surface area contributed by atoms with Crippen LogP contribution in [0.15, 0.2) is 59.1 Å². The fourth-order valence-electron chi connectivity index (χ4n) is 2.13. The molecule has 2 N–H and O–H groups in total. The lowest BCUT2D eigenvalue weighted by Gasteiger charge is -2.04. The maximum atomic E-state index is 12.9. The lowest BCUT2D eigenvalue weighted by molar-refractivity contribution is 0.0946. The number of aromatic amines is 1. The Hall–Kier alpha value is -2.47. The van der Waals surface area contributed by atoms with Gasteiger partial charge in [0.05, 0.1) is 5.69 Å². The largest absolute Gasteiger partial charge is 0.347 e. The summed E-state index contributed by atoms with van der Waals surface area (Å²) in [6.45, 7) is 0.420. The summed E-state index contributed by atoms with van der Waals surface area (Å²) in [5, 5.41) is 9.62. The number of halogens is 2. The van der Waals surface area contributed by atoms with Gasteiger partial charge in [-0.1, -0.05) is 28.1 Å². The Balaban J connectivity index is 1.67. The Bertz CT molecular complexity index is 830. The molecule has 0 fully saturated rings. The van der Waals surface area contributed by atoms with Gasteiger partial charge in [0.1, 0.15) is 11.5 Å². The number of hydrogen-bond acceptors (Lipinski definition) is 2. The van der Waals surface area contributed by atoms with E-state index < -0.39 is 0 Å². The van der Waals surface area contributed by atoms with Gasteiger partial charge in [-0.2, -0.15) is 5.10 Å². The van der Waals surface area contributed by atoms with Crippen molar-refractivity contribution in [1.29, 1.82) is 0 Å². The van der Waals surface area contributed by atoms with Crippen LogP contribution in [0.1, 0.15) is 16.1 Å². The van der Waals surface area contributed by atoms with Crippen molar-refractivity contribution in [2.24, 2.45) is 0 Å². The van der Waals surface area contributed by atoms with Crippen LogP contribution in [0.25, 0.3) is 11.3 Å². The molecule has 1 heterocycles. The first-order valence-corrected chi connectivity index (χ1v) is 7.75. The number of aromatic nitrogens is 2. The molecule has 0 unspecified atom stereocenters. The van der Waals surface area contributed by atoms with Gasteiger partial charge >= 0.3 is 0 Å². The summed E-state index contributed by atoms with van der Waals surface area (Å²) in [5.74, 6) is -0.554. The number of carbonyl (C=O) groups excluding carboxylic acids is 1. The Morgan fingerprint density at radius 1 is 1.17 bits per heavy atom. The predicted octanol–water partition coefficient (Wildman–Crippen LogP) is 3.91. The first kappa shape index (κ1) is 15.4. The zero-order valence-electron chi connectivity index (χ0n) is 12.0. The number of nitrogens with zero attached hydrogens (tertiary/aromatic N) is 1. The minimum absolute atomic E-state index is 0.245. The van der Waals surface area contributed by atoms with E-state index in [0.29, 0.717) is 17.9 Å². The standard InChI is InChI=1S/C17H13BrFN3O/c18-13-3-1-2-11(8-13)10-20-17(23)16-9-15(21-22-16)12-4-6-14(19)7-5-12/h1-9H,10H2,(H,20,23)(H,21,22). The van der Waals surface area contributed by atoms with E-state index in [1.807, 2.05) is 24.3 Å². The molecular weight excluding hydrogens is 361 g/mol. The summed E-state index contributed by atoms with van der Waals surface area (Å²) in [4.78, 5) is 12.1. The summed E-state index contributed by atoms with van der Waals surface area (Å²) in [6.07, 6.45) is 0. The van der Waals surface area contributed by atoms with Gasteiger partial charge in [-0.3, -0.25) is 9.89 Å². The maximum absolute atomic E-state index is 12.9. The second kappa shape index (κ2) is 6.75. The zero-order valence-corrected chi connectivity index (χ0v) is 13.6. The van der Waals surface area contributed by atoms with Gasteiger partial charge in [-0.05, 0) is 48.0 Å². The molecule has 116 valence electrons. The Kier molecular flexibility index (Phi) is 4.52. The van der Waals surface area contributed by atoms with E-state index in [2.05, 4.69) is 31.4 Å². The van der Waals surface area contributed by atoms with Crippen molar-refractivity contribution in [2.45, 2.75) is 6.54 Å². The number of hydrogen-bond donors (Lipinski definition) is 2. The first-order chi connectivity index (χ1) is 11.1. The smallest absolute Gasteiger partial charge is 0.269 e. The van der Waals surface area contributed by atoms with Crippen molar-refractivity contribution >= 4 is 21.8 Å². The SMILES string of the molecule is O=C(NCc1cccc(Br)c1)c1cc(-c2ccc(F)cc2)n[nH]1. The van der Waals surface area contributed by atoms with Gasteiger partial charge in [0, 0.05) is 16.6 Å². The molecule has 0 spiro atoms. The van der Waals surface area contributed by atoms with Crippen molar-refractivity contribution in [2.75, 3.05) is 0 Å². The van der Waals surface area contributed by atoms with Crippen LogP contribution in [0.3, 0.4) is 0 Å². The second-order valence-electron chi connectivity index (χ2n) is 4.99. The molecule has 0 saturated heterocycles. The van der Waals surface area contributed by atoms with E-state index in [-0.39, 0.29) is 11.7 Å². The van der Waals surface area contributed by atoms with Gasteiger partial charge < -0.3 is 5.32 Å². The van der Waals surface area contributed by atoms with Crippen molar-refractivity contribution in [3.05, 3.63) is 76.1 Å². The molecule has 4 nitrogen and oxygen atoms in total. The molecule has 1 aromatic heterocycles. The number of benzene rings is 2. The minimum Gasteiger partial charge on any atom is -0.347 e. The maximum Gasteiger partial charge on any atom is 0.269 e. The number of rotatable bonds is 4. The van der Waals surface area contributed by atoms with Gasteiger partial charge in [0.2, 0.25) is 0 Å². The normalized spacial score (nSPS) is 10.5. The molecular formula is C17H13BrFN3O. The van der Waals surface area contributed by atoms with Crippen molar-refractivity contribution in [3.63, 3.8) is 0 Å². The highest BCUT2D eigenvalue weighted by atomic mass is 79.9. The lowest BCUT2D eigenvalue weighted by atomic mass is 10.1. The van der Waals surface area contributed by atoms with E-state index >= 15 is 0 Å². The molecule has 0 radical (unpaired) electrons. The molecule has 3 aromatic rings. The third-order valence-electron chi connectivity index (χ3n) is 3.30. The number of H-pyrrole nitrogens is 1. The molecule has 2 aromatic carbocycles. The van der Waals surface area contributed by atoms with Crippen molar-refractivity contribution < 1.29 is 9.18 Å². The fraction of sp³-hybridized carbons (Fsp3) is 0.0588. The molecule has 0 aliphatic rings. The number of nitrogens with one attached hydrogen (secondary N) is 2. The second-order valence-corrected chi connectivity index (χ2v) is 5.90. The van der Waals surface area contributed by atoms with Gasteiger partial charge in [0.25, 0.3) is 5.91 Å². The molecule has 0 atom stereocenters. The average molecular weight is 374 g/mol. The molecule has 6 heteroatoms. The fourth-order valence-corrected chi connectivity index (χ4v) is 2.58. The highest BCUT2D eigenvalue weighted by molar-refractivity contribution is 9.10. The van der Waals surface area contributed by atoms with Crippen LogP contribution < -0.4 is 5.32 Å². The summed E-state index contributed by atoms with van der Waals surface area (Å²) < 4.78 is 13.9. The topological polar surface area (TPSA) is 57.8 Å². The van der Waals surface area contributed by atoms with Crippen LogP contribution >= 0.6 is 15.9 Å². The van der Waals surface area contributed by atoms with E-state index in [0.717, 1.165) is 15.6 Å². The molecule has 0 bridgehead atoms. The van der Waals surface area contributed by atoms with Crippen molar-refractivity contribution in [1.82, 2.24) is 15.5 Å². The first-order valence-electron chi connectivity index (χ1n) is 6.96. The summed E-state index contributed by atoms with van der Waals surface area (Å²) >= 11 is 3.39. The van der Waals surface area contributed by atoms with Crippen LogP contribution in [-0.2, 0) is 6.54 Å². The van der Waals surface area contributed by atoms with Crippen LogP contribution in [0.4, 0.5) is 4.39 Å². The molecule has 23 heavy (non-hydrogen) atoms. The van der Waals surface area contributed by atoms with E-state index in [1.54, 1.807) is 18.2 Å². The third-order valence-corrected chi connectivity index (χ3v) is 3.80. The Morgan fingerprint density at radius 2 is 1.96 bits per heavy atom. The monoisotopic (exact) mass is 373 g/mol. The quantitative estimate of drug-likeness (QED) is 0.728. The lowest BCUT2D eigenvalue weighted by Crippen LogP contribution is -2.23. The Labute approximate surface area is 140 Å². The molecule has 0 aliphatic heterocycles. The van der Waals surface area contributed by atoms with Crippen LogP contribution in [0, 0.1) is 5.82 Å². The van der Waals surface area contributed by atoms with E-state index in [4.69, 9.17) is 0 Å². The molecule has 1 amide bonds. The zero-order chi connectivity index (χ0) is 16.2. The summed E-state index contributed by atoms with van der Waals surface area (Å²) in [5.41, 5.74) is 2.69. The minimum atomic E-state index is -0.309. The van der Waals surface area contributed by atoms with Crippen molar-refractivity contribution in [3.8, 4) is 11.3 Å². The van der Waals surface area contributed by atoms with Gasteiger partial charge in [0.15, 0.2) is 0 Å². The summed E-state index contributed by atoms with van der Waals surface area (Å²) in [6, 6.07) is 15.3. The van der Waals surface area contributed by atoms with Gasteiger partial charge in [-0.25, -0.2) is 4.39 Å². The van der Waals surface area contributed by atoms with E-state index in [1.165, 1.54) is 12.1 Å². The summed E-state index contributed by atoms with van der Waals surface area (Å²) in [7, 11) is 0. The molecule has 0 aliphatic carbocycles. The van der Waals surface area contributed by atoms with Crippen LogP contribution in [-0.4, -0.2) is 16.1 Å².